The highest BCUT2D eigenvalue weighted by Crippen LogP contribution is 2.46. The van der Waals surface area contributed by atoms with Gasteiger partial charge < -0.3 is 18.3 Å². The maximum absolute atomic E-state index is 2.41. The van der Waals surface area contributed by atoms with E-state index in [1.54, 1.807) is 0 Å². The summed E-state index contributed by atoms with van der Waals surface area (Å²) in [6.07, 6.45) is 0. The molecular formula is C102H68N4. The van der Waals surface area contributed by atoms with Crippen molar-refractivity contribution in [2.75, 3.05) is 0 Å². The van der Waals surface area contributed by atoms with E-state index in [0.29, 0.717) is 0 Å². The zero-order valence-electron chi connectivity index (χ0n) is 58.0. The van der Waals surface area contributed by atoms with Crippen LogP contribution in [-0.2, 0) is 0 Å². The van der Waals surface area contributed by atoms with Gasteiger partial charge in [0.2, 0.25) is 0 Å². The summed E-state index contributed by atoms with van der Waals surface area (Å²) >= 11 is 0. The number of para-hydroxylation sites is 6. The molecule has 4 heterocycles. The molecule has 0 saturated carbocycles. The van der Waals surface area contributed by atoms with E-state index in [2.05, 4.69) is 431 Å². The van der Waals surface area contributed by atoms with Gasteiger partial charge in [-0.3, -0.25) is 0 Å². The first-order chi connectivity index (χ1) is 52.6. The van der Waals surface area contributed by atoms with Gasteiger partial charge in [0.05, 0.1) is 44.1 Å². The second kappa shape index (κ2) is 26.1. The Kier molecular flexibility index (Phi) is 15.2. The summed E-state index contributed by atoms with van der Waals surface area (Å²) in [7, 11) is 0. The van der Waals surface area contributed by atoms with Crippen molar-refractivity contribution in [3.8, 4) is 101 Å². The summed E-state index contributed by atoms with van der Waals surface area (Å²) in [5.74, 6) is 0. The maximum atomic E-state index is 2.41. The molecule has 4 heteroatoms. The first-order valence-corrected chi connectivity index (χ1v) is 36.5. The molecule has 0 aliphatic heterocycles. The monoisotopic (exact) mass is 1350 g/mol. The van der Waals surface area contributed by atoms with E-state index in [0.717, 1.165) is 17.1 Å². The number of nitrogens with zero attached hydrogens (tertiary/aromatic N) is 4. The molecule has 0 aliphatic rings. The largest absolute Gasteiger partial charge is 0.309 e. The van der Waals surface area contributed by atoms with Crippen molar-refractivity contribution < 1.29 is 0 Å². The fourth-order valence-electron chi connectivity index (χ4n) is 16.6. The van der Waals surface area contributed by atoms with Crippen LogP contribution in [0.1, 0.15) is 0 Å². The zero-order chi connectivity index (χ0) is 70.0. The molecule has 17 aromatic carbocycles. The van der Waals surface area contributed by atoms with Crippen LogP contribution in [0.2, 0.25) is 0 Å². The molecule has 0 radical (unpaired) electrons. The van der Waals surface area contributed by atoms with Crippen LogP contribution in [-0.4, -0.2) is 18.3 Å². The quantitative estimate of drug-likeness (QED) is 0.123. The predicted octanol–water partition coefficient (Wildman–Crippen LogP) is 27.4. The molecule has 0 bridgehead atoms. The number of rotatable bonds is 11. The summed E-state index contributed by atoms with van der Waals surface area (Å²) < 4.78 is 9.62. The molecular weight excluding hydrogens is 1280 g/mol. The van der Waals surface area contributed by atoms with Crippen molar-refractivity contribution in [3.05, 3.63) is 413 Å². The van der Waals surface area contributed by atoms with E-state index in [4.69, 9.17) is 0 Å². The molecule has 106 heavy (non-hydrogen) atoms. The Morgan fingerprint density at radius 2 is 0.340 bits per heavy atom. The third-order valence-electron chi connectivity index (χ3n) is 21.4. The number of hydrogen-bond acceptors (Lipinski definition) is 0. The standard InChI is InChI=1S/C54H36N2.C48H32N2/c1-4-16-38(17-5-1)47-34-41(35-48(39-18-6-2-7-19-39)54(47)40-20-8-3-9-21-40)37-28-30-42(31-29-37)55-52-27-15-12-24-46(52)49-36-43(32-33-53(49)55)56-50-25-13-10-22-44(50)45-23-11-14-26-51(45)56;1-3-13-33(14-4-1)36-29-37(34-15-5-2-6-16-34)31-38(30-36)35-23-25-39(26-24-35)49-47-22-12-9-19-43(47)44-32-40(27-28-48(44)49)50-45-20-10-7-17-41(45)42-18-8-11-21-46(42)50/h1-36H;1-32H. The van der Waals surface area contributed by atoms with Crippen LogP contribution >= 0.6 is 0 Å². The van der Waals surface area contributed by atoms with Crippen LogP contribution in [0.4, 0.5) is 0 Å². The average Bonchev–Trinajstić information content (AvgIpc) is 1.54. The number of aromatic nitrogens is 4. The lowest BCUT2D eigenvalue weighted by Crippen LogP contribution is -1.96. The van der Waals surface area contributed by atoms with Crippen LogP contribution < -0.4 is 0 Å². The highest BCUT2D eigenvalue weighted by Gasteiger charge is 2.22. The van der Waals surface area contributed by atoms with E-state index >= 15 is 0 Å². The van der Waals surface area contributed by atoms with Gasteiger partial charge >= 0.3 is 0 Å². The van der Waals surface area contributed by atoms with E-state index in [-0.39, 0.29) is 0 Å². The lowest BCUT2D eigenvalue weighted by molar-refractivity contribution is 1.17. The molecule has 21 aromatic rings. The molecule has 0 fully saturated rings. The molecule has 0 spiro atoms. The van der Waals surface area contributed by atoms with E-state index in [9.17, 15) is 0 Å². The SMILES string of the molecule is c1ccc(-c2cc(-c3ccc(-n4c5ccccc5c5cc(-n6c7ccccc7c7ccccc76)ccc54)cc3)cc(-c3ccccc3)c2-c2ccccc2)cc1.c1ccc(-c2cc(-c3ccccc3)cc(-c3ccc(-n4c5ccccc5c5cc(-n6c7ccccc7c7ccccc76)ccc54)cc3)c2)cc1. The van der Waals surface area contributed by atoms with Crippen molar-refractivity contribution in [1.29, 1.82) is 0 Å². The van der Waals surface area contributed by atoms with E-state index in [1.165, 1.54) is 171 Å². The van der Waals surface area contributed by atoms with E-state index < -0.39 is 0 Å². The first kappa shape index (κ1) is 61.8. The lowest BCUT2D eigenvalue weighted by Gasteiger charge is -2.19. The summed E-state index contributed by atoms with van der Waals surface area (Å²) in [6.45, 7) is 0. The summed E-state index contributed by atoms with van der Waals surface area (Å²) in [6, 6.07) is 150. The zero-order valence-corrected chi connectivity index (χ0v) is 58.0. The second-order valence-corrected chi connectivity index (χ2v) is 27.5. The second-order valence-electron chi connectivity index (χ2n) is 27.5. The fraction of sp³-hybridized carbons (Fsp3) is 0. The van der Waals surface area contributed by atoms with Crippen LogP contribution in [0.25, 0.3) is 188 Å². The van der Waals surface area contributed by atoms with E-state index in [1.807, 2.05) is 0 Å². The average molecular weight is 1350 g/mol. The summed E-state index contributed by atoms with van der Waals surface area (Å²) in [5.41, 5.74) is 31.2. The Hall–Kier alpha value is -14.1. The molecule has 0 atom stereocenters. The minimum atomic E-state index is 1.14. The minimum Gasteiger partial charge on any atom is -0.309 e. The van der Waals surface area contributed by atoms with Crippen LogP contribution in [0.15, 0.2) is 413 Å². The molecule has 21 rings (SSSR count). The van der Waals surface area contributed by atoms with Gasteiger partial charge in [-0.1, -0.05) is 285 Å². The Bertz CT molecular complexity index is 6660. The molecule has 0 N–H and O–H groups in total. The van der Waals surface area contributed by atoms with Crippen LogP contribution in [0.5, 0.6) is 0 Å². The smallest absolute Gasteiger partial charge is 0.0542 e. The van der Waals surface area contributed by atoms with Crippen LogP contribution in [0, 0.1) is 0 Å². The highest BCUT2D eigenvalue weighted by molar-refractivity contribution is 6.14. The fourth-order valence-corrected chi connectivity index (χ4v) is 16.6. The normalized spacial score (nSPS) is 11.6. The number of hydrogen-bond donors (Lipinski definition) is 0. The number of benzene rings is 17. The van der Waals surface area contributed by atoms with Gasteiger partial charge in [-0.25, -0.2) is 0 Å². The summed E-state index contributed by atoms with van der Waals surface area (Å²) in [5, 5.41) is 10.1. The third kappa shape index (κ3) is 10.7. The summed E-state index contributed by atoms with van der Waals surface area (Å²) in [4.78, 5) is 0. The topological polar surface area (TPSA) is 19.7 Å². The maximum Gasteiger partial charge on any atom is 0.0542 e. The van der Waals surface area contributed by atoms with Crippen molar-refractivity contribution in [2.24, 2.45) is 0 Å². The van der Waals surface area contributed by atoms with Gasteiger partial charge in [0.1, 0.15) is 0 Å². The van der Waals surface area contributed by atoms with Crippen molar-refractivity contribution in [3.63, 3.8) is 0 Å². The molecule has 0 saturated heterocycles. The highest BCUT2D eigenvalue weighted by atomic mass is 15.0. The third-order valence-corrected chi connectivity index (χ3v) is 21.4. The van der Waals surface area contributed by atoms with Gasteiger partial charge in [0, 0.05) is 65.8 Å². The van der Waals surface area contributed by atoms with Gasteiger partial charge in [-0.15, -0.1) is 0 Å². The van der Waals surface area contributed by atoms with Gasteiger partial charge in [-0.2, -0.15) is 0 Å². The molecule has 0 amide bonds. The number of fused-ring (bicyclic) bond motifs is 12. The molecule has 496 valence electrons. The van der Waals surface area contributed by atoms with Gasteiger partial charge in [-0.05, 0) is 205 Å². The molecule has 4 nitrogen and oxygen atoms in total. The van der Waals surface area contributed by atoms with Crippen molar-refractivity contribution >= 4 is 87.2 Å². The molecule has 0 aliphatic carbocycles. The Morgan fingerprint density at radius 3 is 0.651 bits per heavy atom. The first-order valence-electron chi connectivity index (χ1n) is 36.5. The van der Waals surface area contributed by atoms with Gasteiger partial charge in [0.15, 0.2) is 0 Å². The molecule has 0 unspecified atom stereocenters. The van der Waals surface area contributed by atoms with Crippen molar-refractivity contribution in [1.82, 2.24) is 18.3 Å². The Morgan fingerprint density at radius 1 is 0.123 bits per heavy atom. The van der Waals surface area contributed by atoms with Crippen LogP contribution in [0.3, 0.4) is 0 Å². The molecule has 4 aromatic heterocycles. The predicted molar refractivity (Wildman–Crippen MR) is 448 cm³/mol. The van der Waals surface area contributed by atoms with Gasteiger partial charge in [0.25, 0.3) is 0 Å². The lowest BCUT2D eigenvalue weighted by atomic mass is 9.85. The Balaban J connectivity index is 0.000000141. The minimum absolute atomic E-state index is 1.14. The Labute approximate surface area is 614 Å². The van der Waals surface area contributed by atoms with Crippen molar-refractivity contribution in [2.45, 2.75) is 0 Å².